The molecule has 3 aromatic rings. The van der Waals surface area contributed by atoms with Gasteiger partial charge in [0.25, 0.3) is 0 Å². The van der Waals surface area contributed by atoms with Gasteiger partial charge in [-0.3, -0.25) is 14.6 Å². The lowest BCUT2D eigenvalue weighted by Crippen LogP contribution is -2.18. The number of benzene rings is 1. The highest BCUT2D eigenvalue weighted by Crippen LogP contribution is 2.42. The van der Waals surface area contributed by atoms with Gasteiger partial charge in [0.05, 0.1) is 13.7 Å². The van der Waals surface area contributed by atoms with Crippen molar-refractivity contribution in [2.45, 2.75) is 39.0 Å². The number of halogens is 1. The van der Waals surface area contributed by atoms with Crippen molar-refractivity contribution in [3.63, 3.8) is 0 Å². The van der Waals surface area contributed by atoms with E-state index >= 15 is 0 Å². The highest BCUT2D eigenvalue weighted by Gasteiger charge is 2.35. The Labute approximate surface area is 185 Å². The third kappa shape index (κ3) is 3.88. The number of carbonyl (C=O) groups is 2. The maximum atomic E-state index is 12.9. The summed E-state index contributed by atoms with van der Waals surface area (Å²) in [4.78, 5) is 34.2. The van der Waals surface area contributed by atoms with Crippen molar-refractivity contribution in [2.75, 3.05) is 13.7 Å². The Morgan fingerprint density at radius 2 is 1.94 bits per heavy atom. The number of carbonyl (C=O) groups excluding carboxylic acids is 2. The van der Waals surface area contributed by atoms with Crippen molar-refractivity contribution in [1.29, 1.82) is 0 Å². The van der Waals surface area contributed by atoms with Crippen LogP contribution in [0.25, 0.3) is 10.9 Å². The largest absolute Gasteiger partial charge is 0.494 e. The second kappa shape index (κ2) is 7.93. The van der Waals surface area contributed by atoms with E-state index in [0.29, 0.717) is 29.2 Å². The molecule has 31 heavy (non-hydrogen) atoms. The quantitative estimate of drug-likeness (QED) is 0.392. The normalized spacial score (nSPS) is 14.2. The SMILES string of the molecule is COc1cc(C(=O)CCC(=O)c2cc3c(c(Cl)n2)OCC3(C)C)cc2c(C)ccnc12. The minimum absolute atomic E-state index is 0.0363. The Morgan fingerprint density at radius 3 is 2.68 bits per heavy atom. The molecule has 3 heterocycles. The second-order valence-corrected chi connectivity index (χ2v) is 8.75. The van der Waals surface area contributed by atoms with Gasteiger partial charge in [0, 0.05) is 41.0 Å². The molecular formula is C24H23ClN2O4. The number of Topliss-reactive ketones (excluding diaryl/α,β-unsaturated/α-hetero) is 2. The molecule has 0 fully saturated rings. The number of methoxy groups -OCH3 is 1. The molecule has 1 aromatic carbocycles. The molecule has 0 N–H and O–H groups in total. The van der Waals surface area contributed by atoms with Crippen molar-refractivity contribution in [2.24, 2.45) is 0 Å². The molecule has 0 saturated heterocycles. The molecule has 1 aliphatic heterocycles. The van der Waals surface area contributed by atoms with Crippen LogP contribution in [0.4, 0.5) is 0 Å². The van der Waals surface area contributed by atoms with Crippen molar-refractivity contribution < 1.29 is 19.1 Å². The summed E-state index contributed by atoms with van der Waals surface area (Å²) in [5.74, 6) is 0.691. The Bertz CT molecular complexity index is 1220. The van der Waals surface area contributed by atoms with Crippen LogP contribution >= 0.6 is 11.6 Å². The number of rotatable bonds is 6. The number of hydrogen-bond donors (Lipinski definition) is 0. The Morgan fingerprint density at radius 1 is 1.19 bits per heavy atom. The Hall–Kier alpha value is -2.99. The molecule has 0 saturated carbocycles. The summed E-state index contributed by atoms with van der Waals surface area (Å²) in [6, 6.07) is 7.09. The van der Waals surface area contributed by atoms with Crippen LogP contribution in [0.2, 0.25) is 5.15 Å². The second-order valence-electron chi connectivity index (χ2n) is 8.40. The van der Waals surface area contributed by atoms with Crippen LogP contribution in [0, 0.1) is 6.92 Å². The van der Waals surface area contributed by atoms with Gasteiger partial charge in [-0.05, 0) is 36.8 Å². The van der Waals surface area contributed by atoms with Crippen molar-refractivity contribution in [1.82, 2.24) is 9.97 Å². The van der Waals surface area contributed by atoms with Crippen molar-refractivity contribution in [3.8, 4) is 11.5 Å². The molecule has 0 radical (unpaired) electrons. The van der Waals surface area contributed by atoms with Crippen molar-refractivity contribution in [3.05, 3.63) is 58.0 Å². The monoisotopic (exact) mass is 438 g/mol. The smallest absolute Gasteiger partial charge is 0.181 e. The highest BCUT2D eigenvalue weighted by atomic mass is 35.5. The first kappa shape index (κ1) is 21.2. The molecule has 7 heteroatoms. The zero-order valence-corrected chi connectivity index (χ0v) is 18.7. The van der Waals surface area contributed by atoms with Gasteiger partial charge >= 0.3 is 0 Å². The summed E-state index contributed by atoms with van der Waals surface area (Å²) in [6.07, 6.45) is 1.80. The Balaban J connectivity index is 1.55. The third-order valence-electron chi connectivity index (χ3n) is 5.67. The minimum Gasteiger partial charge on any atom is -0.494 e. The van der Waals surface area contributed by atoms with Gasteiger partial charge in [-0.1, -0.05) is 25.4 Å². The highest BCUT2D eigenvalue weighted by molar-refractivity contribution is 6.31. The van der Waals surface area contributed by atoms with E-state index in [2.05, 4.69) is 9.97 Å². The van der Waals surface area contributed by atoms with Crippen molar-refractivity contribution >= 4 is 34.1 Å². The lowest BCUT2D eigenvalue weighted by molar-refractivity contribution is 0.0915. The minimum atomic E-state index is -0.250. The molecule has 2 aromatic heterocycles. The van der Waals surface area contributed by atoms with Gasteiger partial charge < -0.3 is 9.47 Å². The average molecular weight is 439 g/mol. The number of ketones is 2. The lowest BCUT2D eigenvalue weighted by Gasteiger charge is -2.15. The topological polar surface area (TPSA) is 78.4 Å². The zero-order chi connectivity index (χ0) is 22.3. The van der Waals surface area contributed by atoms with E-state index < -0.39 is 0 Å². The van der Waals surface area contributed by atoms with Crippen LogP contribution < -0.4 is 9.47 Å². The van der Waals surface area contributed by atoms with Gasteiger partial charge in [0.2, 0.25) is 0 Å². The number of pyridine rings is 2. The number of aryl methyl sites for hydroxylation is 1. The summed E-state index contributed by atoms with van der Waals surface area (Å²) in [6.45, 7) is 6.49. The van der Waals surface area contributed by atoms with Crippen LogP contribution in [-0.4, -0.2) is 35.3 Å². The molecule has 0 spiro atoms. The maximum absolute atomic E-state index is 12.9. The van der Waals surface area contributed by atoms with Crippen LogP contribution in [0.5, 0.6) is 11.5 Å². The Kier molecular flexibility index (Phi) is 5.43. The van der Waals surface area contributed by atoms with E-state index in [4.69, 9.17) is 21.1 Å². The molecule has 0 amide bonds. The number of nitrogens with zero attached hydrogens (tertiary/aromatic N) is 2. The molecule has 6 nitrogen and oxygen atoms in total. The summed E-state index contributed by atoms with van der Waals surface area (Å²) in [5.41, 5.74) is 3.06. The van der Waals surface area contributed by atoms with Gasteiger partial charge in [-0.15, -0.1) is 0 Å². The summed E-state index contributed by atoms with van der Waals surface area (Å²) in [7, 11) is 1.55. The zero-order valence-electron chi connectivity index (χ0n) is 17.9. The van der Waals surface area contributed by atoms with Gasteiger partial charge in [0.1, 0.15) is 17.0 Å². The van der Waals surface area contributed by atoms with E-state index in [9.17, 15) is 9.59 Å². The van der Waals surface area contributed by atoms with Crippen LogP contribution in [0.15, 0.2) is 30.5 Å². The maximum Gasteiger partial charge on any atom is 0.181 e. The molecule has 1 aliphatic rings. The number of hydrogen-bond acceptors (Lipinski definition) is 6. The fraction of sp³-hybridized carbons (Fsp3) is 0.333. The average Bonchev–Trinajstić information content (AvgIpc) is 3.06. The number of aromatic nitrogens is 2. The van der Waals surface area contributed by atoms with E-state index in [1.54, 1.807) is 31.5 Å². The molecule has 4 rings (SSSR count). The number of fused-ring (bicyclic) bond motifs is 2. The fourth-order valence-electron chi connectivity index (χ4n) is 3.79. The van der Waals surface area contributed by atoms with Crippen LogP contribution in [0.1, 0.15) is 58.7 Å². The van der Waals surface area contributed by atoms with E-state index in [1.807, 2.05) is 26.8 Å². The summed E-state index contributed by atoms with van der Waals surface area (Å²) < 4.78 is 11.1. The van der Waals surface area contributed by atoms with Crippen LogP contribution in [-0.2, 0) is 5.41 Å². The third-order valence-corrected chi connectivity index (χ3v) is 5.93. The summed E-state index contributed by atoms with van der Waals surface area (Å²) in [5, 5.41) is 1.03. The summed E-state index contributed by atoms with van der Waals surface area (Å²) >= 11 is 6.23. The predicted octanol–water partition coefficient (Wildman–Crippen LogP) is 5.12. The number of ether oxygens (including phenoxy) is 2. The van der Waals surface area contributed by atoms with Crippen LogP contribution in [0.3, 0.4) is 0 Å². The predicted molar refractivity (Wildman–Crippen MR) is 119 cm³/mol. The fourth-order valence-corrected chi connectivity index (χ4v) is 4.03. The first-order chi connectivity index (χ1) is 14.7. The molecule has 160 valence electrons. The van der Waals surface area contributed by atoms with E-state index in [-0.39, 0.29) is 40.7 Å². The van der Waals surface area contributed by atoms with Gasteiger partial charge in [-0.25, -0.2) is 4.98 Å². The molecular weight excluding hydrogens is 416 g/mol. The van der Waals surface area contributed by atoms with E-state index in [0.717, 1.165) is 16.5 Å². The first-order valence-corrected chi connectivity index (χ1v) is 10.4. The van der Waals surface area contributed by atoms with Gasteiger partial charge in [-0.2, -0.15) is 0 Å². The molecule has 0 bridgehead atoms. The first-order valence-electron chi connectivity index (χ1n) is 10.0. The lowest BCUT2D eigenvalue weighted by atomic mass is 9.87. The van der Waals surface area contributed by atoms with Gasteiger partial charge in [0.15, 0.2) is 22.5 Å². The van der Waals surface area contributed by atoms with E-state index in [1.165, 1.54) is 0 Å². The molecule has 0 aliphatic carbocycles. The molecule has 0 atom stereocenters. The molecule has 0 unspecified atom stereocenters. The standard InChI is InChI=1S/C24H23ClN2O4/c1-13-7-8-26-21-15(13)9-14(10-20(21)30-4)18(28)5-6-19(29)17-11-16-22(23(25)27-17)31-12-24(16,2)3/h7-11H,5-6,12H2,1-4H3.